The Kier molecular flexibility index (Phi) is 6.59. The Bertz CT molecular complexity index is 1010. The topological polar surface area (TPSA) is 72.2 Å². The van der Waals surface area contributed by atoms with Crippen molar-refractivity contribution in [3.63, 3.8) is 0 Å². The highest BCUT2D eigenvalue weighted by molar-refractivity contribution is 7.98. The fourth-order valence-corrected chi connectivity index (χ4v) is 4.51. The van der Waals surface area contributed by atoms with Crippen LogP contribution in [-0.4, -0.2) is 26.4 Å². The summed E-state index contributed by atoms with van der Waals surface area (Å²) in [6, 6.07) is 18.1. The number of amides is 1. The van der Waals surface area contributed by atoms with Gasteiger partial charge in [-0.3, -0.25) is 4.79 Å². The molecule has 0 bridgehead atoms. The van der Waals surface area contributed by atoms with Gasteiger partial charge in [-0.15, -0.1) is 10.2 Å². The molecule has 7 heteroatoms. The van der Waals surface area contributed by atoms with Gasteiger partial charge in [0.2, 0.25) is 0 Å². The lowest BCUT2D eigenvalue weighted by atomic mass is 9.82. The minimum Gasteiger partial charge on any atom is -0.312 e. The Hall–Kier alpha value is -2.93. The van der Waals surface area contributed by atoms with Gasteiger partial charge in [-0.1, -0.05) is 60.6 Å². The zero-order valence-corrected chi connectivity index (χ0v) is 17.8. The van der Waals surface area contributed by atoms with Crippen molar-refractivity contribution in [1.82, 2.24) is 20.2 Å². The van der Waals surface area contributed by atoms with E-state index in [1.165, 1.54) is 12.0 Å². The van der Waals surface area contributed by atoms with Gasteiger partial charge in [-0.05, 0) is 42.5 Å². The van der Waals surface area contributed by atoms with Crippen molar-refractivity contribution in [3.8, 4) is 0 Å². The zero-order valence-electron chi connectivity index (χ0n) is 17.0. The van der Waals surface area contributed by atoms with Gasteiger partial charge in [0.25, 0.3) is 5.91 Å². The number of benzene rings is 2. The standard InChI is InChI=1S/C23H25N5OS/c1-28-16-24-27-23(28)30-15-17-11-13-19(14-12-17)22(29)26-25-21-10-6-5-9-20(21)18-7-3-2-4-8-18/h2-4,7-8,11-14,16,20H,5-6,9-10,15H2,1H3,(H,26,29)/b25-21-/t20-/m0/s1. The number of nitrogens with one attached hydrogen (secondary N) is 1. The predicted octanol–water partition coefficient (Wildman–Crippen LogP) is 4.55. The third-order valence-electron chi connectivity index (χ3n) is 5.33. The lowest BCUT2D eigenvalue weighted by molar-refractivity contribution is 0.0954. The quantitative estimate of drug-likeness (QED) is 0.470. The van der Waals surface area contributed by atoms with Crippen LogP contribution in [0.1, 0.15) is 53.1 Å². The Morgan fingerprint density at radius 1 is 1.17 bits per heavy atom. The number of carbonyl (C=O) groups is 1. The summed E-state index contributed by atoms with van der Waals surface area (Å²) in [6.45, 7) is 0. The van der Waals surface area contributed by atoms with E-state index in [0.717, 1.165) is 41.4 Å². The fourth-order valence-electron chi connectivity index (χ4n) is 3.66. The van der Waals surface area contributed by atoms with Crippen LogP contribution in [0.4, 0.5) is 0 Å². The van der Waals surface area contributed by atoms with E-state index >= 15 is 0 Å². The van der Waals surface area contributed by atoms with Gasteiger partial charge in [0.05, 0.1) is 0 Å². The monoisotopic (exact) mass is 419 g/mol. The van der Waals surface area contributed by atoms with Crippen molar-refractivity contribution < 1.29 is 4.79 Å². The molecule has 1 aliphatic rings. The molecule has 1 fully saturated rings. The molecule has 0 radical (unpaired) electrons. The smallest absolute Gasteiger partial charge is 0.271 e. The van der Waals surface area contributed by atoms with Crippen LogP contribution in [0.5, 0.6) is 0 Å². The van der Waals surface area contributed by atoms with Crippen LogP contribution in [0, 0.1) is 0 Å². The molecular formula is C23H25N5OS. The number of rotatable bonds is 6. The molecule has 30 heavy (non-hydrogen) atoms. The molecule has 0 unspecified atom stereocenters. The third kappa shape index (κ3) is 4.97. The summed E-state index contributed by atoms with van der Waals surface area (Å²) in [5.74, 6) is 0.891. The first-order chi connectivity index (χ1) is 14.7. The minimum absolute atomic E-state index is 0.174. The third-order valence-corrected chi connectivity index (χ3v) is 6.44. The van der Waals surface area contributed by atoms with E-state index in [4.69, 9.17) is 0 Å². The fraction of sp³-hybridized carbons (Fsp3) is 0.304. The summed E-state index contributed by atoms with van der Waals surface area (Å²) >= 11 is 1.62. The van der Waals surface area contributed by atoms with E-state index in [1.54, 1.807) is 18.1 Å². The average Bonchev–Trinajstić information content (AvgIpc) is 3.22. The summed E-state index contributed by atoms with van der Waals surface area (Å²) < 4.78 is 1.89. The molecule has 1 heterocycles. The van der Waals surface area contributed by atoms with Gasteiger partial charge in [-0.2, -0.15) is 5.10 Å². The lowest BCUT2D eigenvalue weighted by Gasteiger charge is -2.24. The van der Waals surface area contributed by atoms with Crippen LogP contribution in [0.25, 0.3) is 0 Å². The Balaban J connectivity index is 1.37. The van der Waals surface area contributed by atoms with Gasteiger partial charge in [0.15, 0.2) is 5.16 Å². The van der Waals surface area contributed by atoms with E-state index < -0.39 is 0 Å². The highest BCUT2D eigenvalue weighted by atomic mass is 32.2. The van der Waals surface area contributed by atoms with Crippen molar-refractivity contribution in [3.05, 3.63) is 77.6 Å². The molecule has 1 aliphatic carbocycles. The molecule has 2 aromatic carbocycles. The van der Waals surface area contributed by atoms with Gasteiger partial charge < -0.3 is 4.57 Å². The number of thioether (sulfide) groups is 1. The van der Waals surface area contributed by atoms with Gasteiger partial charge >= 0.3 is 0 Å². The van der Waals surface area contributed by atoms with Crippen molar-refractivity contribution in [2.45, 2.75) is 42.5 Å². The summed E-state index contributed by atoms with van der Waals surface area (Å²) in [5.41, 5.74) is 6.85. The Morgan fingerprint density at radius 3 is 2.70 bits per heavy atom. The van der Waals surface area contributed by atoms with Crippen LogP contribution in [0.15, 0.2) is 71.2 Å². The van der Waals surface area contributed by atoms with E-state index in [0.29, 0.717) is 11.5 Å². The van der Waals surface area contributed by atoms with Crippen LogP contribution in [0.3, 0.4) is 0 Å². The molecule has 0 aliphatic heterocycles. The molecule has 1 N–H and O–H groups in total. The Morgan fingerprint density at radius 2 is 1.97 bits per heavy atom. The number of carbonyl (C=O) groups excluding carboxylic acids is 1. The predicted molar refractivity (Wildman–Crippen MR) is 120 cm³/mol. The highest BCUT2D eigenvalue weighted by Crippen LogP contribution is 2.30. The number of nitrogens with zero attached hydrogens (tertiary/aromatic N) is 4. The number of hydrogen-bond donors (Lipinski definition) is 1. The molecule has 4 rings (SSSR count). The summed E-state index contributed by atoms with van der Waals surface area (Å²) in [6.07, 6.45) is 6.01. The van der Waals surface area contributed by atoms with Gasteiger partial charge in [0.1, 0.15) is 6.33 Å². The summed E-state index contributed by atoms with van der Waals surface area (Å²) in [7, 11) is 1.92. The number of aryl methyl sites for hydroxylation is 1. The highest BCUT2D eigenvalue weighted by Gasteiger charge is 2.22. The first-order valence-electron chi connectivity index (χ1n) is 10.2. The molecule has 3 aromatic rings. The van der Waals surface area contributed by atoms with Gasteiger partial charge in [-0.25, -0.2) is 5.43 Å². The molecule has 154 valence electrons. The number of hydrogen-bond acceptors (Lipinski definition) is 5. The zero-order chi connectivity index (χ0) is 20.8. The molecule has 0 spiro atoms. The van der Waals surface area contributed by atoms with E-state index in [1.807, 2.05) is 41.9 Å². The maximum absolute atomic E-state index is 12.6. The molecule has 1 amide bonds. The molecule has 1 aromatic heterocycles. The largest absolute Gasteiger partial charge is 0.312 e. The normalized spacial score (nSPS) is 17.8. The first kappa shape index (κ1) is 20.3. The van der Waals surface area contributed by atoms with Crippen LogP contribution >= 0.6 is 11.8 Å². The Labute approximate surface area is 180 Å². The van der Waals surface area contributed by atoms with Crippen LogP contribution in [-0.2, 0) is 12.8 Å². The minimum atomic E-state index is -0.174. The van der Waals surface area contributed by atoms with E-state index in [-0.39, 0.29) is 5.91 Å². The second-order valence-electron chi connectivity index (χ2n) is 7.46. The summed E-state index contributed by atoms with van der Waals surface area (Å²) in [5, 5.41) is 13.3. The van der Waals surface area contributed by atoms with E-state index in [9.17, 15) is 4.79 Å². The molecule has 1 saturated carbocycles. The second kappa shape index (κ2) is 9.71. The lowest BCUT2D eigenvalue weighted by Crippen LogP contribution is -2.24. The van der Waals surface area contributed by atoms with Crippen LogP contribution in [0.2, 0.25) is 0 Å². The van der Waals surface area contributed by atoms with Crippen molar-refractivity contribution >= 4 is 23.4 Å². The van der Waals surface area contributed by atoms with Crippen molar-refractivity contribution in [1.29, 1.82) is 0 Å². The maximum Gasteiger partial charge on any atom is 0.271 e. The molecule has 6 nitrogen and oxygen atoms in total. The molecular weight excluding hydrogens is 394 g/mol. The molecule has 1 atom stereocenters. The van der Waals surface area contributed by atoms with Crippen LogP contribution < -0.4 is 5.43 Å². The van der Waals surface area contributed by atoms with Gasteiger partial charge in [0, 0.05) is 30.0 Å². The van der Waals surface area contributed by atoms with Crippen molar-refractivity contribution in [2.75, 3.05) is 0 Å². The number of aromatic nitrogens is 3. The average molecular weight is 420 g/mol. The summed E-state index contributed by atoms with van der Waals surface area (Å²) in [4.78, 5) is 12.6. The van der Waals surface area contributed by atoms with E-state index in [2.05, 4.69) is 45.0 Å². The maximum atomic E-state index is 12.6. The molecule has 0 saturated heterocycles. The number of hydrazone groups is 1. The van der Waals surface area contributed by atoms with Crippen molar-refractivity contribution in [2.24, 2.45) is 12.1 Å². The second-order valence-corrected chi connectivity index (χ2v) is 8.41. The SMILES string of the molecule is Cn1cnnc1SCc1ccc(C(=O)N/N=C2/CCCC[C@H]2c2ccccc2)cc1. The first-order valence-corrected chi connectivity index (χ1v) is 11.2.